The first-order valence-corrected chi connectivity index (χ1v) is 10.5. The highest BCUT2D eigenvalue weighted by atomic mass is 32.2. The van der Waals surface area contributed by atoms with Gasteiger partial charge in [-0.15, -0.1) is 0 Å². The van der Waals surface area contributed by atoms with Gasteiger partial charge in [-0.05, 0) is 36.4 Å². The minimum Gasteiger partial charge on any atom is -0.497 e. The summed E-state index contributed by atoms with van der Waals surface area (Å²) in [7, 11) is 4.20. The van der Waals surface area contributed by atoms with Gasteiger partial charge in [-0.3, -0.25) is 18.7 Å². The normalized spacial score (nSPS) is 11.3. The van der Waals surface area contributed by atoms with Gasteiger partial charge in [0.1, 0.15) is 16.4 Å². The highest BCUT2D eigenvalue weighted by Gasteiger charge is 2.22. The summed E-state index contributed by atoms with van der Waals surface area (Å²) in [5.41, 5.74) is -0.441. The van der Waals surface area contributed by atoms with E-state index in [1.807, 2.05) is 6.07 Å². The summed E-state index contributed by atoms with van der Waals surface area (Å²) >= 11 is 0.976. The molecule has 0 aliphatic heterocycles. The molecule has 0 aliphatic rings. The fraction of sp³-hybridized carbons (Fsp3) is 0.182. The van der Waals surface area contributed by atoms with Crippen molar-refractivity contribution >= 4 is 34.1 Å². The number of benzene rings is 2. The van der Waals surface area contributed by atoms with Gasteiger partial charge in [0, 0.05) is 19.8 Å². The monoisotopic (exact) mass is 454 g/mol. The van der Waals surface area contributed by atoms with Crippen LogP contribution in [0.15, 0.2) is 69.2 Å². The maximum atomic E-state index is 12.8. The number of aromatic hydroxyl groups is 1. The van der Waals surface area contributed by atoms with Crippen LogP contribution in [-0.2, 0) is 18.9 Å². The molecule has 0 radical (unpaired) electrons. The van der Waals surface area contributed by atoms with Gasteiger partial charge < -0.3 is 15.2 Å². The predicted octanol–water partition coefficient (Wildman–Crippen LogP) is 2.25. The van der Waals surface area contributed by atoms with Crippen LogP contribution in [0.25, 0.3) is 0 Å². The average Bonchev–Trinajstić information content (AvgIpc) is 2.81. The summed E-state index contributed by atoms with van der Waals surface area (Å²) in [5.74, 6) is -0.290. The van der Waals surface area contributed by atoms with Crippen molar-refractivity contribution in [2.24, 2.45) is 19.1 Å². The van der Waals surface area contributed by atoms with Gasteiger partial charge in [0.25, 0.3) is 5.56 Å². The molecule has 3 aromatic rings. The van der Waals surface area contributed by atoms with Crippen LogP contribution in [0.3, 0.4) is 0 Å². The van der Waals surface area contributed by atoms with Crippen molar-refractivity contribution in [3.8, 4) is 11.6 Å². The Morgan fingerprint density at radius 2 is 1.72 bits per heavy atom. The number of aliphatic imine (C=N–C) groups is 1. The molecule has 0 atom stereocenters. The zero-order chi connectivity index (χ0) is 23.3. The van der Waals surface area contributed by atoms with Crippen molar-refractivity contribution in [2.45, 2.75) is 0 Å². The van der Waals surface area contributed by atoms with E-state index >= 15 is 0 Å². The van der Waals surface area contributed by atoms with Gasteiger partial charge in [-0.1, -0.05) is 30.0 Å². The van der Waals surface area contributed by atoms with Crippen molar-refractivity contribution in [1.82, 2.24) is 9.13 Å². The molecule has 0 spiro atoms. The molecular formula is C22H22N4O5S. The Morgan fingerprint density at radius 1 is 1.06 bits per heavy atom. The van der Waals surface area contributed by atoms with Crippen LogP contribution >= 0.6 is 11.8 Å². The minimum atomic E-state index is -0.714. The average molecular weight is 455 g/mol. The molecule has 9 nitrogen and oxygen atoms in total. The second kappa shape index (κ2) is 10.0. The maximum absolute atomic E-state index is 12.8. The van der Waals surface area contributed by atoms with E-state index in [0.717, 1.165) is 20.9 Å². The predicted molar refractivity (Wildman–Crippen MR) is 125 cm³/mol. The van der Waals surface area contributed by atoms with Gasteiger partial charge in [0.05, 0.1) is 18.6 Å². The quantitative estimate of drug-likeness (QED) is 0.436. The molecule has 1 aromatic heterocycles. The number of para-hydroxylation sites is 1. The summed E-state index contributed by atoms with van der Waals surface area (Å²) in [6.45, 7) is 0. The molecule has 0 saturated carbocycles. The fourth-order valence-corrected chi connectivity index (χ4v) is 3.64. The molecule has 0 fully saturated rings. The molecule has 10 heteroatoms. The molecular weight excluding hydrogens is 432 g/mol. The van der Waals surface area contributed by atoms with Crippen molar-refractivity contribution in [2.75, 3.05) is 18.2 Å². The van der Waals surface area contributed by atoms with Crippen LogP contribution in [-0.4, -0.2) is 38.1 Å². The summed E-state index contributed by atoms with van der Waals surface area (Å²) in [6, 6.07) is 15.7. The van der Waals surface area contributed by atoms with Gasteiger partial charge in [-0.25, -0.2) is 9.79 Å². The second-order valence-electron chi connectivity index (χ2n) is 6.72. The van der Waals surface area contributed by atoms with Crippen molar-refractivity contribution < 1.29 is 14.6 Å². The first-order chi connectivity index (χ1) is 15.3. The zero-order valence-corrected chi connectivity index (χ0v) is 18.5. The third-order valence-electron chi connectivity index (χ3n) is 4.55. The van der Waals surface area contributed by atoms with Crippen LogP contribution < -0.4 is 21.3 Å². The lowest BCUT2D eigenvalue weighted by Crippen LogP contribution is -2.39. The Labute approximate surface area is 188 Å². The fourth-order valence-electron chi connectivity index (χ4n) is 2.81. The van der Waals surface area contributed by atoms with Crippen LogP contribution in [0, 0.1) is 0 Å². The summed E-state index contributed by atoms with van der Waals surface area (Å²) in [4.78, 5) is 41.8. The Kier molecular flexibility index (Phi) is 7.16. The van der Waals surface area contributed by atoms with E-state index in [2.05, 4.69) is 10.3 Å². The number of amides is 1. The molecule has 1 heterocycles. The Balaban J connectivity index is 1.99. The van der Waals surface area contributed by atoms with Crippen molar-refractivity contribution in [1.29, 1.82) is 0 Å². The van der Waals surface area contributed by atoms with Crippen molar-refractivity contribution in [3.05, 3.63) is 81.0 Å². The number of aromatic nitrogens is 2. The third kappa shape index (κ3) is 5.09. The number of hydrogen-bond donors (Lipinski definition) is 2. The summed E-state index contributed by atoms with van der Waals surface area (Å²) in [5, 5.41) is 13.4. The van der Waals surface area contributed by atoms with Crippen LogP contribution in [0.1, 0.15) is 5.56 Å². The summed E-state index contributed by atoms with van der Waals surface area (Å²) in [6.07, 6.45) is 0. The Bertz CT molecular complexity index is 1260. The smallest absolute Gasteiger partial charge is 0.333 e. The number of ether oxygens (including phenoxy) is 1. The van der Waals surface area contributed by atoms with E-state index in [0.29, 0.717) is 17.1 Å². The molecule has 0 unspecified atom stereocenters. The number of methoxy groups -OCH3 is 1. The molecule has 2 N–H and O–H groups in total. The molecule has 3 rings (SSSR count). The lowest BCUT2D eigenvalue weighted by molar-refractivity contribution is -0.113. The number of nitrogens with one attached hydrogen (secondary N) is 1. The van der Waals surface area contributed by atoms with Gasteiger partial charge in [0.15, 0.2) is 0 Å². The van der Waals surface area contributed by atoms with E-state index in [1.165, 1.54) is 21.2 Å². The van der Waals surface area contributed by atoms with Crippen LogP contribution in [0.5, 0.6) is 11.6 Å². The molecule has 0 saturated heterocycles. The van der Waals surface area contributed by atoms with E-state index in [9.17, 15) is 19.5 Å². The number of anilines is 1. The zero-order valence-electron chi connectivity index (χ0n) is 17.7. The van der Waals surface area contributed by atoms with E-state index in [1.54, 1.807) is 48.5 Å². The van der Waals surface area contributed by atoms with Crippen LogP contribution in [0.2, 0.25) is 0 Å². The first kappa shape index (κ1) is 22.9. The highest BCUT2D eigenvalue weighted by molar-refractivity contribution is 8.15. The SMILES string of the molecule is COc1ccc(N=C(SCC(=O)Nc2ccccc2)c2c(O)n(C)c(=O)n(C)c2=O)cc1. The van der Waals surface area contributed by atoms with Crippen LogP contribution in [0.4, 0.5) is 11.4 Å². The number of carbonyl (C=O) groups excluding carboxylic acids is 1. The lowest BCUT2D eigenvalue weighted by Gasteiger charge is -2.12. The lowest BCUT2D eigenvalue weighted by atomic mass is 10.3. The maximum Gasteiger partial charge on any atom is 0.333 e. The molecule has 32 heavy (non-hydrogen) atoms. The Hall–Kier alpha value is -3.79. The van der Waals surface area contributed by atoms with Gasteiger partial charge in [-0.2, -0.15) is 0 Å². The second-order valence-corrected chi connectivity index (χ2v) is 7.69. The highest BCUT2D eigenvalue weighted by Crippen LogP contribution is 2.24. The molecule has 0 aliphatic carbocycles. The van der Waals surface area contributed by atoms with Gasteiger partial charge in [0.2, 0.25) is 11.8 Å². The number of hydrogen-bond acceptors (Lipinski definition) is 7. The molecule has 166 valence electrons. The van der Waals surface area contributed by atoms with E-state index in [4.69, 9.17) is 4.74 Å². The van der Waals surface area contributed by atoms with Crippen molar-refractivity contribution in [3.63, 3.8) is 0 Å². The molecule has 0 bridgehead atoms. The van der Waals surface area contributed by atoms with E-state index < -0.39 is 17.1 Å². The number of nitrogens with zero attached hydrogens (tertiary/aromatic N) is 3. The number of thioether (sulfide) groups is 1. The third-order valence-corrected chi connectivity index (χ3v) is 5.52. The first-order valence-electron chi connectivity index (χ1n) is 9.51. The summed E-state index contributed by atoms with van der Waals surface area (Å²) < 4.78 is 6.97. The number of carbonyl (C=O) groups is 1. The number of rotatable bonds is 6. The van der Waals surface area contributed by atoms with E-state index in [-0.39, 0.29) is 22.3 Å². The molecule has 1 amide bonds. The minimum absolute atomic E-state index is 0.0741. The standard InChI is InChI=1S/C22H22N4O5S/c1-25-20(28)18(21(29)26(2)22(25)30)19(24-15-9-11-16(31-3)12-10-15)32-13-17(27)23-14-7-5-4-6-8-14/h4-12,28H,13H2,1-3H3,(H,23,27). The topological polar surface area (TPSA) is 115 Å². The Morgan fingerprint density at radius 3 is 2.34 bits per heavy atom. The largest absolute Gasteiger partial charge is 0.497 e. The van der Waals surface area contributed by atoms with Gasteiger partial charge >= 0.3 is 5.69 Å². The molecule has 2 aromatic carbocycles.